The molecular formula is C15H21NO6. The van der Waals surface area contributed by atoms with Crippen molar-refractivity contribution in [3.63, 3.8) is 0 Å². The highest BCUT2D eigenvalue weighted by Crippen LogP contribution is 2.23. The zero-order valence-corrected chi connectivity index (χ0v) is 13.1. The minimum Gasteiger partial charge on any atom is -0.497 e. The number of methoxy groups -OCH3 is 3. The number of nitrogens with one attached hydrogen (secondary N) is 1. The summed E-state index contributed by atoms with van der Waals surface area (Å²) in [7, 11) is 4.41. The summed E-state index contributed by atoms with van der Waals surface area (Å²) in [6, 6.07) is 4.74. The van der Waals surface area contributed by atoms with Crippen LogP contribution in [-0.4, -0.2) is 50.5 Å². The van der Waals surface area contributed by atoms with Gasteiger partial charge in [-0.25, -0.2) is 0 Å². The fraction of sp³-hybridized carbons (Fsp3) is 0.467. The summed E-state index contributed by atoms with van der Waals surface area (Å²) >= 11 is 0. The first-order valence-electron chi connectivity index (χ1n) is 6.60. The van der Waals surface area contributed by atoms with E-state index in [0.29, 0.717) is 17.1 Å². The minimum atomic E-state index is -1.02. The van der Waals surface area contributed by atoms with Crippen LogP contribution in [0.25, 0.3) is 0 Å². The van der Waals surface area contributed by atoms with Gasteiger partial charge in [-0.05, 0) is 19.1 Å². The first kappa shape index (κ1) is 17.8. The average molecular weight is 311 g/mol. The van der Waals surface area contributed by atoms with Gasteiger partial charge in [0, 0.05) is 18.7 Å². The molecule has 0 aromatic heterocycles. The van der Waals surface area contributed by atoms with Crippen molar-refractivity contribution >= 4 is 11.9 Å². The molecule has 0 heterocycles. The molecule has 1 unspecified atom stereocenters. The molecule has 1 aromatic carbocycles. The van der Waals surface area contributed by atoms with Gasteiger partial charge in [0.25, 0.3) is 5.91 Å². The Bertz CT molecular complexity index is 523. The van der Waals surface area contributed by atoms with E-state index in [2.05, 4.69) is 5.32 Å². The number of amides is 1. The summed E-state index contributed by atoms with van der Waals surface area (Å²) in [5.74, 6) is -0.520. The van der Waals surface area contributed by atoms with Crippen molar-refractivity contribution in [3.8, 4) is 11.5 Å². The van der Waals surface area contributed by atoms with Gasteiger partial charge < -0.3 is 24.6 Å². The molecule has 2 N–H and O–H groups in total. The van der Waals surface area contributed by atoms with Crippen LogP contribution in [0, 0.1) is 0 Å². The molecule has 1 aromatic rings. The first-order valence-corrected chi connectivity index (χ1v) is 6.60. The largest absolute Gasteiger partial charge is 0.497 e. The Kier molecular flexibility index (Phi) is 6.18. The van der Waals surface area contributed by atoms with E-state index in [1.807, 2.05) is 0 Å². The minimum absolute atomic E-state index is 0.0755. The molecule has 0 radical (unpaired) electrons. The van der Waals surface area contributed by atoms with E-state index in [9.17, 15) is 9.59 Å². The van der Waals surface area contributed by atoms with Crippen LogP contribution in [0.3, 0.4) is 0 Å². The molecule has 0 fully saturated rings. The van der Waals surface area contributed by atoms with E-state index in [1.54, 1.807) is 25.1 Å². The quantitative estimate of drug-likeness (QED) is 0.752. The summed E-state index contributed by atoms with van der Waals surface area (Å²) in [5.41, 5.74) is -0.711. The van der Waals surface area contributed by atoms with Crippen molar-refractivity contribution in [1.29, 1.82) is 0 Å². The fourth-order valence-electron chi connectivity index (χ4n) is 2.07. The van der Waals surface area contributed by atoms with Gasteiger partial charge in [0.1, 0.15) is 11.5 Å². The van der Waals surface area contributed by atoms with E-state index in [-0.39, 0.29) is 13.0 Å². The van der Waals surface area contributed by atoms with Crippen LogP contribution in [0.15, 0.2) is 18.2 Å². The second-order valence-corrected chi connectivity index (χ2v) is 5.12. The Balaban J connectivity index is 3.01. The number of hydrogen-bond donors (Lipinski definition) is 2. The van der Waals surface area contributed by atoms with E-state index < -0.39 is 17.4 Å². The molecule has 0 spiro atoms. The van der Waals surface area contributed by atoms with Gasteiger partial charge in [-0.2, -0.15) is 0 Å². The Morgan fingerprint density at radius 2 is 1.68 bits per heavy atom. The number of rotatable bonds is 8. The molecule has 0 aliphatic heterocycles. The number of aliphatic carboxylic acids is 1. The SMILES string of the molecule is COCC(C)(CC(=O)O)NC(=O)c1cc(OC)cc(OC)c1. The van der Waals surface area contributed by atoms with Crippen molar-refractivity contribution in [2.24, 2.45) is 0 Å². The second-order valence-electron chi connectivity index (χ2n) is 5.12. The van der Waals surface area contributed by atoms with Crippen molar-refractivity contribution in [2.75, 3.05) is 27.9 Å². The van der Waals surface area contributed by atoms with E-state index in [0.717, 1.165) is 0 Å². The molecule has 0 saturated heterocycles. The number of benzene rings is 1. The molecule has 0 saturated carbocycles. The summed E-state index contributed by atoms with van der Waals surface area (Å²) in [6.07, 6.45) is -0.256. The molecule has 0 aliphatic rings. The lowest BCUT2D eigenvalue weighted by molar-refractivity contribution is -0.139. The number of carboxylic acids is 1. The van der Waals surface area contributed by atoms with E-state index in [1.165, 1.54) is 21.3 Å². The van der Waals surface area contributed by atoms with Crippen molar-refractivity contribution in [1.82, 2.24) is 5.32 Å². The first-order chi connectivity index (χ1) is 10.3. The maximum atomic E-state index is 12.4. The maximum Gasteiger partial charge on any atom is 0.305 e. The topological polar surface area (TPSA) is 94.1 Å². The zero-order chi connectivity index (χ0) is 16.8. The number of ether oxygens (including phenoxy) is 3. The Morgan fingerprint density at radius 1 is 1.14 bits per heavy atom. The lowest BCUT2D eigenvalue weighted by Gasteiger charge is -2.28. The van der Waals surface area contributed by atoms with Gasteiger partial charge in [-0.3, -0.25) is 9.59 Å². The van der Waals surface area contributed by atoms with Crippen molar-refractivity contribution in [2.45, 2.75) is 18.9 Å². The van der Waals surface area contributed by atoms with Crippen molar-refractivity contribution < 1.29 is 28.9 Å². The fourth-order valence-corrected chi connectivity index (χ4v) is 2.07. The molecule has 22 heavy (non-hydrogen) atoms. The maximum absolute atomic E-state index is 12.4. The van der Waals surface area contributed by atoms with E-state index >= 15 is 0 Å². The number of carboxylic acid groups (broad SMARTS) is 1. The predicted molar refractivity (Wildman–Crippen MR) is 79.5 cm³/mol. The average Bonchev–Trinajstić information content (AvgIpc) is 2.45. The van der Waals surface area contributed by atoms with Crippen molar-refractivity contribution in [3.05, 3.63) is 23.8 Å². The third-order valence-corrected chi connectivity index (χ3v) is 3.03. The summed E-state index contributed by atoms with van der Waals surface area (Å²) in [6.45, 7) is 1.69. The Morgan fingerprint density at radius 3 is 2.09 bits per heavy atom. The number of hydrogen-bond acceptors (Lipinski definition) is 5. The lowest BCUT2D eigenvalue weighted by atomic mass is 9.98. The molecule has 1 amide bonds. The van der Waals surface area contributed by atoms with Gasteiger partial charge in [0.05, 0.1) is 32.8 Å². The third kappa shape index (κ3) is 4.92. The third-order valence-electron chi connectivity index (χ3n) is 3.03. The summed E-state index contributed by atoms with van der Waals surface area (Å²) in [5, 5.41) is 11.7. The second kappa shape index (κ2) is 7.65. The van der Waals surface area contributed by atoms with Gasteiger partial charge in [0.15, 0.2) is 0 Å². The molecule has 1 rings (SSSR count). The number of carbonyl (C=O) groups excluding carboxylic acids is 1. The monoisotopic (exact) mass is 311 g/mol. The number of carbonyl (C=O) groups is 2. The van der Waals surface area contributed by atoms with Crippen LogP contribution in [0.2, 0.25) is 0 Å². The zero-order valence-electron chi connectivity index (χ0n) is 13.1. The Labute approximate surface area is 129 Å². The molecule has 1 atom stereocenters. The molecule has 0 aliphatic carbocycles. The van der Waals surface area contributed by atoms with Crippen LogP contribution in [0.5, 0.6) is 11.5 Å². The van der Waals surface area contributed by atoms with Gasteiger partial charge >= 0.3 is 5.97 Å². The highest BCUT2D eigenvalue weighted by Gasteiger charge is 2.30. The molecule has 7 heteroatoms. The van der Waals surface area contributed by atoms with E-state index in [4.69, 9.17) is 19.3 Å². The lowest BCUT2D eigenvalue weighted by Crippen LogP contribution is -2.50. The Hall–Kier alpha value is -2.28. The summed E-state index contributed by atoms with van der Waals surface area (Å²) < 4.78 is 15.2. The molecular weight excluding hydrogens is 290 g/mol. The highest BCUT2D eigenvalue weighted by atomic mass is 16.5. The van der Waals surface area contributed by atoms with Crippen LogP contribution < -0.4 is 14.8 Å². The standard InChI is InChI=1S/C15H21NO6/c1-15(9-20-2,8-13(17)18)16-14(19)10-5-11(21-3)7-12(6-10)22-4/h5-7H,8-9H2,1-4H3,(H,16,19)(H,17,18). The van der Waals surface area contributed by atoms with Crippen LogP contribution in [-0.2, 0) is 9.53 Å². The summed E-state index contributed by atoms with van der Waals surface area (Å²) in [4.78, 5) is 23.3. The van der Waals surface area contributed by atoms with Crippen LogP contribution in [0.1, 0.15) is 23.7 Å². The molecule has 0 bridgehead atoms. The smallest absolute Gasteiger partial charge is 0.305 e. The van der Waals surface area contributed by atoms with Gasteiger partial charge in [-0.15, -0.1) is 0 Å². The molecule has 7 nitrogen and oxygen atoms in total. The van der Waals surface area contributed by atoms with Gasteiger partial charge in [0.2, 0.25) is 0 Å². The highest BCUT2D eigenvalue weighted by molar-refractivity contribution is 5.95. The predicted octanol–water partition coefficient (Wildman–Crippen LogP) is 1.31. The van der Waals surface area contributed by atoms with Crippen LogP contribution >= 0.6 is 0 Å². The van der Waals surface area contributed by atoms with Gasteiger partial charge in [-0.1, -0.05) is 0 Å². The normalized spacial score (nSPS) is 13.1. The molecule has 122 valence electrons. The van der Waals surface area contributed by atoms with Crippen LogP contribution in [0.4, 0.5) is 0 Å².